The minimum absolute atomic E-state index is 0.0850. The molecule has 4 heteroatoms. The third-order valence-corrected chi connectivity index (χ3v) is 3.25. The summed E-state index contributed by atoms with van der Waals surface area (Å²) in [7, 11) is 11.6. The molecule has 76 valence electrons. The van der Waals surface area contributed by atoms with Gasteiger partial charge in [0.1, 0.15) is 0 Å². The van der Waals surface area contributed by atoms with Gasteiger partial charge in [-0.3, -0.25) is 0 Å². The fourth-order valence-electron chi connectivity index (χ4n) is 1.30. The van der Waals surface area contributed by atoms with E-state index in [0.717, 1.165) is 5.69 Å². The molecule has 0 saturated carbocycles. The van der Waals surface area contributed by atoms with E-state index in [1.807, 2.05) is 18.2 Å². The molecule has 1 aromatic carbocycles. The maximum atomic E-state index is 5.80. The molecule has 0 aliphatic rings. The summed E-state index contributed by atoms with van der Waals surface area (Å²) in [6.07, 6.45) is 0. The van der Waals surface area contributed by atoms with Crippen LogP contribution >= 0.6 is 18.6 Å². The number of hydrogen-bond donors (Lipinski definition) is 0. The Morgan fingerprint density at radius 2 is 1.71 bits per heavy atom. The zero-order valence-corrected chi connectivity index (χ0v) is 11.6. The van der Waals surface area contributed by atoms with Crippen LogP contribution in [0.5, 0.6) is 0 Å². The Bertz CT molecular complexity index is 351. The van der Waals surface area contributed by atoms with Crippen molar-refractivity contribution >= 4 is 24.3 Å². The van der Waals surface area contributed by atoms with Crippen molar-refractivity contribution in [3.8, 4) is 0 Å². The predicted octanol–water partition coefficient (Wildman–Crippen LogP) is 4.73. The standard InChI is InChI=1S/C10H13N.2ClH.Ti/c1-10(2,3)8-6-4-5-7-9(8)11;;;/h4-7H,1-3H3;2*1H;/q;;;+2/p-2. The summed E-state index contributed by atoms with van der Waals surface area (Å²) >= 11 is -2.17. The van der Waals surface area contributed by atoms with Crippen LogP contribution in [0, 0.1) is 0 Å². The van der Waals surface area contributed by atoms with E-state index in [1.165, 1.54) is 5.56 Å². The number of benzene rings is 1. The molecule has 0 atom stereocenters. The van der Waals surface area contributed by atoms with E-state index < -0.39 is 15.6 Å². The van der Waals surface area contributed by atoms with Gasteiger partial charge in [-0.25, -0.2) is 0 Å². The molecule has 1 aromatic rings. The zero-order chi connectivity index (χ0) is 10.8. The summed E-state index contributed by atoms with van der Waals surface area (Å²) in [6, 6.07) is 8.02. The van der Waals surface area contributed by atoms with E-state index in [9.17, 15) is 0 Å². The molecule has 0 unspecified atom stereocenters. The normalized spacial score (nSPS) is 11.2. The molecular weight excluding hydrogens is 253 g/mol. The summed E-state index contributed by atoms with van der Waals surface area (Å²) in [5, 5.41) is 0. The first-order chi connectivity index (χ1) is 6.41. The van der Waals surface area contributed by atoms with Gasteiger partial charge in [-0.2, -0.15) is 0 Å². The Morgan fingerprint density at radius 1 is 1.14 bits per heavy atom. The van der Waals surface area contributed by atoms with Gasteiger partial charge in [0, 0.05) is 0 Å². The van der Waals surface area contributed by atoms with Crippen LogP contribution < -0.4 is 0 Å². The van der Waals surface area contributed by atoms with Crippen LogP contribution in [0.15, 0.2) is 27.7 Å². The Balaban J connectivity index is 3.24. The van der Waals surface area contributed by atoms with Crippen molar-refractivity contribution in [1.82, 2.24) is 0 Å². The first-order valence-electron chi connectivity index (χ1n) is 4.40. The van der Waals surface area contributed by atoms with E-state index in [2.05, 4.69) is 30.3 Å². The van der Waals surface area contributed by atoms with Crippen LogP contribution in [0.25, 0.3) is 0 Å². The third-order valence-electron chi connectivity index (χ3n) is 1.92. The monoisotopic (exact) mass is 265 g/mol. The SMILES string of the molecule is CC(C)(C)c1ccccc1[N]=[Ti]([Cl])[Cl]. The Kier molecular flexibility index (Phi) is 4.33. The quantitative estimate of drug-likeness (QED) is 0.652. The van der Waals surface area contributed by atoms with Crippen LogP contribution in [0.3, 0.4) is 0 Å². The van der Waals surface area contributed by atoms with Gasteiger partial charge in [-0.1, -0.05) is 0 Å². The summed E-state index contributed by atoms with van der Waals surface area (Å²) in [4.78, 5) is 0. The van der Waals surface area contributed by atoms with E-state index >= 15 is 0 Å². The summed E-state index contributed by atoms with van der Waals surface area (Å²) in [6.45, 7) is 6.47. The van der Waals surface area contributed by atoms with Crippen molar-refractivity contribution in [3.63, 3.8) is 0 Å². The van der Waals surface area contributed by atoms with Gasteiger partial charge in [-0.05, 0) is 0 Å². The Labute approximate surface area is 98.9 Å². The molecule has 0 spiro atoms. The molecule has 0 fully saturated rings. The van der Waals surface area contributed by atoms with Crippen molar-refractivity contribution in [3.05, 3.63) is 29.8 Å². The summed E-state index contributed by atoms with van der Waals surface area (Å²) in [5.74, 6) is 0. The Hall–Kier alpha value is 0.314. The molecule has 0 amide bonds. The van der Waals surface area contributed by atoms with Gasteiger partial charge >= 0.3 is 99.3 Å². The summed E-state index contributed by atoms with van der Waals surface area (Å²) in [5.41, 5.74) is 2.23. The number of nitrogens with zero attached hydrogens (tertiary/aromatic N) is 1. The van der Waals surface area contributed by atoms with Crippen LogP contribution in [-0.4, -0.2) is 0 Å². The molecule has 0 aliphatic carbocycles. The van der Waals surface area contributed by atoms with Crippen molar-refractivity contribution in [2.24, 2.45) is 3.42 Å². The molecular formula is C10H13Cl2NTi. The van der Waals surface area contributed by atoms with Crippen molar-refractivity contribution in [2.45, 2.75) is 26.2 Å². The van der Waals surface area contributed by atoms with Gasteiger partial charge in [0.15, 0.2) is 0 Å². The first-order valence-corrected chi connectivity index (χ1v) is 9.40. The average Bonchev–Trinajstić information content (AvgIpc) is 2.01. The molecule has 0 aromatic heterocycles. The number of halogens is 2. The molecule has 0 aliphatic heterocycles. The van der Waals surface area contributed by atoms with Crippen LogP contribution in [0.1, 0.15) is 26.3 Å². The van der Waals surface area contributed by atoms with Crippen molar-refractivity contribution in [1.29, 1.82) is 0 Å². The van der Waals surface area contributed by atoms with Crippen LogP contribution in [-0.2, 0) is 21.0 Å². The molecule has 1 rings (SSSR count). The van der Waals surface area contributed by atoms with E-state index in [4.69, 9.17) is 18.6 Å². The minimum atomic E-state index is -2.17. The number of hydrogen-bond acceptors (Lipinski definition) is 1. The molecule has 1 nitrogen and oxygen atoms in total. The van der Waals surface area contributed by atoms with Gasteiger partial charge in [-0.15, -0.1) is 0 Å². The number of rotatable bonds is 1. The van der Waals surface area contributed by atoms with Crippen molar-refractivity contribution < 1.29 is 15.6 Å². The van der Waals surface area contributed by atoms with Crippen LogP contribution in [0.2, 0.25) is 0 Å². The third kappa shape index (κ3) is 3.47. The second-order valence-corrected chi connectivity index (χ2v) is 8.97. The van der Waals surface area contributed by atoms with Gasteiger partial charge < -0.3 is 0 Å². The second kappa shape index (κ2) is 4.89. The molecule has 0 bridgehead atoms. The van der Waals surface area contributed by atoms with E-state index in [-0.39, 0.29) is 5.41 Å². The van der Waals surface area contributed by atoms with E-state index in [1.54, 1.807) is 0 Å². The average molecular weight is 266 g/mol. The fourth-order valence-corrected chi connectivity index (χ4v) is 2.64. The van der Waals surface area contributed by atoms with Crippen LogP contribution in [0.4, 0.5) is 5.69 Å². The van der Waals surface area contributed by atoms with Crippen molar-refractivity contribution in [2.75, 3.05) is 0 Å². The molecule has 0 saturated heterocycles. The fraction of sp³-hybridized carbons (Fsp3) is 0.400. The molecule has 0 heterocycles. The maximum absolute atomic E-state index is 5.80. The predicted molar refractivity (Wildman–Crippen MR) is 58.9 cm³/mol. The van der Waals surface area contributed by atoms with E-state index in [0.29, 0.717) is 0 Å². The summed E-state index contributed by atoms with van der Waals surface area (Å²) < 4.78 is 4.32. The Morgan fingerprint density at radius 3 is 2.21 bits per heavy atom. The topological polar surface area (TPSA) is 12.4 Å². The molecule has 14 heavy (non-hydrogen) atoms. The first kappa shape index (κ1) is 12.4. The van der Waals surface area contributed by atoms with Gasteiger partial charge in [0.05, 0.1) is 0 Å². The second-order valence-electron chi connectivity index (χ2n) is 4.12. The van der Waals surface area contributed by atoms with Gasteiger partial charge in [0.2, 0.25) is 0 Å². The molecule has 0 N–H and O–H groups in total. The van der Waals surface area contributed by atoms with Gasteiger partial charge in [0.25, 0.3) is 0 Å². The molecule has 0 radical (unpaired) electrons. The zero-order valence-electron chi connectivity index (χ0n) is 8.51.